The minimum atomic E-state index is -0.211. The standard InChI is InChI=1S/C14H20N2O2/c1-9-2-5-13(17)12(6-9)14(18)16-8-10-3-4-11(15)7-10/h2,5-6,10-11,17H,3-4,7-8,15H2,1H3,(H,16,18). The third-order valence-corrected chi connectivity index (χ3v) is 3.53. The number of hydrogen-bond acceptors (Lipinski definition) is 3. The summed E-state index contributed by atoms with van der Waals surface area (Å²) < 4.78 is 0. The van der Waals surface area contributed by atoms with E-state index >= 15 is 0 Å². The van der Waals surface area contributed by atoms with E-state index in [1.807, 2.05) is 6.92 Å². The van der Waals surface area contributed by atoms with E-state index in [1.54, 1.807) is 18.2 Å². The van der Waals surface area contributed by atoms with Crippen molar-refractivity contribution in [1.82, 2.24) is 5.32 Å². The van der Waals surface area contributed by atoms with Crippen molar-refractivity contribution in [2.45, 2.75) is 32.2 Å². The van der Waals surface area contributed by atoms with Crippen molar-refractivity contribution in [2.24, 2.45) is 11.7 Å². The van der Waals surface area contributed by atoms with Crippen LogP contribution in [0.1, 0.15) is 35.2 Å². The second kappa shape index (κ2) is 5.40. The number of nitrogens with one attached hydrogen (secondary N) is 1. The van der Waals surface area contributed by atoms with Crippen molar-refractivity contribution in [3.63, 3.8) is 0 Å². The molecule has 1 saturated carbocycles. The molecule has 1 aliphatic rings. The summed E-state index contributed by atoms with van der Waals surface area (Å²) in [5, 5.41) is 12.5. The van der Waals surface area contributed by atoms with E-state index in [4.69, 9.17) is 5.73 Å². The lowest BCUT2D eigenvalue weighted by molar-refractivity contribution is 0.0944. The monoisotopic (exact) mass is 248 g/mol. The van der Waals surface area contributed by atoms with Crippen LogP contribution in [0.5, 0.6) is 5.75 Å². The zero-order valence-electron chi connectivity index (χ0n) is 10.6. The van der Waals surface area contributed by atoms with Crippen LogP contribution in [0.3, 0.4) is 0 Å². The van der Waals surface area contributed by atoms with Gasteiger partial charge < -0.3 is 16.2 Å². The van der Waals surface area contributed by atoms with E-state index in [1.165, 1.54) is 0 Å². The average molecular weight is 248 g/mol. The van der Waals surface area contributed by atoms with Crippen molar-refractivity contribution in [3.8, 4) is 5.75 Å². The Kier molecular flexibility index (Phi) is 3.87. The minimum absolute atomic E-state index is 0.0289. The average Bonchev–Trinajstić information content (AvgIpc) is 2.75. The summed E-state index contributed by atoms with van der Waals surface area (Å²) in [5.74, 6) is 0.286. The van der Waals surface area contributed by atoms with Gasteiger partial charge in [-0.15, -0.1) is 0 Å². The van der Waals surface area contributed by atoms with E-state index in [2.05, 4.69) is 5.32 Å². The molecular weight excluding hydrogens is 228 g/mol. The first-order valence-corrected chi connectivity index (χ1v) is 6.39. The Morgan fingerprint density at radius 2 is 2.28 bits per heavy atom. The molecule has 98 valence electrons. The summed E-state index contributed by atoms with van der Waals surface area (Å²) in [7, 11) is 0. The highest BCUT2D eigenvalue weighted by atomic mass is 16.3. The number of carbonyl (C=O) groups is 1. The van der Waals surface area contributed by atoms with E-state index in [-0.39, 0.29) is 17.7 Å². The Morgan fingerprint density at radius 3 is 2.94 bits per heavy atom. The third kappa shape index (κ3) is 3.01. The summed E-state index contributed by atoms with van der Waals surface area (Å²) in [6.45, 7) is 2.53. The maximum absolute atomic E-state index is 12.0. The van der Waals surface area contributed by atoms with Crippen LogP contribution in [-0.4, -0.2) is 23.6 Å². The van der Waals surface area contributed by atoms with Crippen molar-refractivity contribution < 1.29 is 9.90 Å². The number of rotatable bonds is 3. The maximum Gasteiger partial charge on any atom is 0.255 e. The number of hydrogen-bond donors (Lipinski definition) is 3. The lowest BCUT2D eigenvalue weighted by atomic mass is 10.1. The van der Waals surface area contributed by atoms with Gasteiger partial charge in [0.15, 0.2) is 0 Å². The molecule has 2 unspecified atom stereocenters. The first-order valence-electron chi connectivity index (χ1n) is 6.39. The molecule has 1 amide bonds. The fourth-order valence-corrected chi connectivity index (χ4v) is 2.46. The summed E-state index contributed by atoms with van der Waals surface area (Å²) in [5.41, 5.74) is 7.14. The molecule has 1 aromatic carbocycles. The van der Waals surface area contributed by atoms with Crippen LogP contribution in [0.25, 0.3) is 0 Å². The van der Waals surface area contributed by atoms with Crippen LogP contribution < -0.4 is 11.1 Å². The summed E-state index contributed by atoms with van der Waals surface area (Å²) in [6, 6.07) is 5.31. The Hall–Kier alpha value is -1.55. The quantitative estimate of drug-likeness (QED) is 0.759. The molecule has 2 rings (SSSR count). The van der Waals surface area contributed by atoms with E-state index in [0.29, 0.717) is 18.0 Å². The summed E-state index contributed by atoms with van der Waals surface area (Å²) >= 11 is 0. The molecule has 1 aliphatic carbocycles. The molecule has 18 heavy (non-hydrogen) atoms. The second-order valence-electron chi connectivity index (χ2n) is 5.17. The fourth-order valence-electron chi connectivity index (χ4n) is 2.46. The van der Waals surface area contributed by atoms with Crippen LogP contribution in [0.4, 0.5) is 0 Å². The van der Waals surface area contributed by atoms with Crippen molar-refractivity contribution >= 4 is 5.91 Å². The lowest BCUT2D eigenvalue weighted by Gasteiger charge is -2.12. The molecule has 4 heteroatoms. The number of amides is 1. The molecular formula is C14H20N2O2. The molecule has 0 radical (unpaired) electrons. The van der Waals surface area contributed by atoms with Gasteiger partial charge in [-0.2, -0.15) is 0 Å². The number of aryl methyl sites for hydroxylation is 1. The highest BCUT2D eigenvalue weighted by molar-refractivity contribution is 5.96. The van der Waals surface area contributed by atoms with E-state index in [0.717, 1.165) is 24.8 Å². The van der Waals surface area contributed by atoms with Crippen LogP contribution in [0.15, 0.2) is 18.2 Å². The normalized spacial score (nSPS) is 23.0. The van der Waals surface area contributed by atoms with Gasteiger partial charge in [-0.25, -0.2) is 0 Å². The molecule has 0 heterocycles. The number of phenolic OH excluding ortho intramolecular Hbond substituents is 1. The topological polar surface area (TPSA) is 75.3 Å². The largest absolute Gasteiger partial charge is 0.507 e. The van der Waals surface area contributed by atoms with Gasteiger partial charge in [-0.05, 0) is 44.2 Å². The second-order valence-corrected chi connectivity index (χ2v) is 5.17. The Balaban J connectivity index is 1.93. The van der Waals surface area contributed by atoms with E-state index < -0.39 is 0 Å². The van der Waals surface area contributed by atoms with Crippen LogP contribution >= 0.6 is 0 Å². The Bertz CT molecular complexity index is 445. The Morgan fingerprint density at radius 1 is 1.50 bits per heavy atom. The smallest absolute Gasteiger partial charge is 0.255 e. The molecule has 0 saturated heterocycles. The zero-order chi connectivity index (χ0) is 13.1. The first kappa shape index (κ1) is 12.9. The van der Waals surface area contributed by atoms with E-state index in [9.17, 15) is 9.90 Å². The molecule has 0 spiro atoms. The number of aromatic hydroxyl groups is 1. The van der Waals surface area contributed by atoms with Gasteiger partial charge in [0.05, 0.1) is 5.56 Å². The minimum Gasteiger partial charge on any atom is -0.507 e. The third-order valence-electron chi connectivity index (χ3n) is 3.53. The number of phenols is 1. The molecule has 4 nitrogen and oxygen atoms in total. The van der Waals surface area contributed by atoms with Crippen molar-refractivity contribution in [1.29, 1.82) is 0 Å². The summed E-state index contributed by atoms with van der Waals surface area (Å²) in [4.78, 5) is 12.0. The molecule has 2 atom stereocenters. The first-order chi connectivity index (χ1) is 8.56. The van der Waals surface area contributed by atoms with Crippen molar-refractivity contribution in [3.05, 3.63) is 29.3 Å². The van der Waals surface area contributed by atoms with Gasteiger partial charge in [0.2, 0.25) is 0 Å². The number of nitrogens with two attached hydrogens (primary N) is 1. The highest BCUT2D eigenvalue weighted by Crippen LogP contribution is 2.23. The lowest BCUT2D eigenvalue weighted by Crippen LogP contribution is -2.29. The van der Waals surface area contributed by atoms with Gasteiger partial charge in [0, 0.05) is 12.6 Å². The number of benzene rings is 1. The predicted octanol–water partition coefficient (Wildman–Crippen LogP) is 1.56. The van der Waals surface area contributed by atoms with Gasteiger partial charge in [-0.1, -0.05) is 11.6 Å². The van der Waals surface area contributed by atoms with Crippen LogP contribution in [0, 0.1) is 12.8 Å². The van der Waals surface area contributed by atoms with Gasteiger partial charge >= 0.3 is 0 Å². The van der Waals surface area contributed by atoms with Gasteiger partial charge in [0.1, 0.15) is 5.75 Å². The maximum atomic E-state index is 12.0. The zero-order valence-corrected chi connectivity index (χ0v) is 10.6. The molecule has 4 N–H and O–H groups in total. The molecule has 0 aromatic heterocycles. The molecule has 0 bridgehead atoms. The van der Waals surface area contributed by atoms with Gasteiger partial charge in [0.25, 0.3) is 5.91 Å². The Labute approximate surface area is 107 Å². The van der Waals surface area contributed by atoms with Crippen LogP contribution in [0.2, 0.25) is 0 Å². The van der Waals surface area contributed by atoms with Crippen molar-refractivity contribution in [2.75, 3.05) is 6.54 Å². The van der Waals surface area contributed by atoms with Gasteiger partial charge in [-0.3, -0.25) is 4.79 Å². The number of carbonyl (C=O) groups excluding carboxylic acids is 1. The predicted molar refractivity (Wildman–Crippen MR) is 70.5 cm³/mol. The molecule has 0 aliphatic heterocycles. The summed E-state index contributed by atoms with van der Waals surface area (Å²) in [6.07, 6.45) is 3.08. The molecule has 1 aromatic rings. The molecule has 1 fully saturated rings. The van der Waals surface area contributed by atoms with Crippen LogP contribution in [-0.2, 0) is 0 Å². The SMILES string of the molecule is Cc1ccc(O)c(C(=O)NCC2CCC(N)C2)c1. The highest BCUT2D eigenvalue weighted by Gasteiger charge is 2.22. The fraction of sp³-hybridized carbons (Fsp3) is 0.500.